The molecule has 2 aromatic carbocycles. The number of halogens is 1. The normalized spacial score (nSPS) is 22.9. The SMILES string of the molecule is O=C(N[C@@H](CCCN[C@@H]1C[C@H]1c1ccc(F)cc1)C(=O)N1CCS(=O)(=O)CC1)c1ccc(N2CCCC2)cc1. The van der Waals surface area contributed by atoms with E-state index >= 15 is 0 Å². The van der Waals surface area contributed by atoms with Gasteiger partial charge in [-0.1, -0.05) is 12.1 Å². The second-order valence-corrected chi connectivity index (χ2v) is 13.1. The van der Waals surface area contributed by atoms with E-state index in [4.69, 9.17) is 0 Å². The Balaban J connectivity index is 1.16. The lowest BCUT2D eigenvalue weighted by atomic mass is 10.1. The fourth-order valence-corrected chi connectivity index (χ4v) is 6.74. The summed E-state index contributed by atoms with van der Waals surface area (Å²) in [7, 11) is -3.12. The average molecular weight is 557 g/mol. The van der Waals surface area contributed by atoms with E-state index in [1.54, 1.807) is 17.0 Å². The van der Waals surface area contributed by atoms with Crippen molar-refractivity contribution in [2.75, 3.05) is 49.1 Å². The van der Waals surface area contributed by atoms with E-state index in [1.807, 2.05) is 24.3 Å². The van der Waals surface area contributed by atoms with E-state index < -0.39 is 15.9 Å². The number of carbonyl (C=O) groups excluding carboxylic acids is 2. The first-order valence-corrected chi connectivity index (χ1v) is 15.8. The molecule has 210 valence electrons. The molecule has 3 fully saturated rings. The van der Waals surface area contributed by atoms with Gasteiger partial charge in [0.2, 0.25) is 5.91 Å². The van der Waals surface area contributed by atoms with Gasteiger partial charge < -0.3 is 20.4 Å². The van der Waals surface area contributed by atoms with Crippen molar-refractivity contribution in [2.24, 2.45) is 0 Å². The molecular formula is C29H37FN4O4S. The van der Waals surface area contributed by atoms with Crippen LogP contribution in [0.3, 0.4) is 0 Å². The Morgan fingerprint density at radius 2 is 1.62 bits per heavy atom. The summed E-state index contributed by atoms with van der Waals surface area (Å²) in [5, 5.41) is 6.43. The fraction of sp³-hybridized carbons (Fsp3) is 0.517. The number of hydrogen-bond donors (Lipinski definition) is 2. The maximum Gasteiger partial charge on any atom is 0.251 e. The maximum atomic E-state index is 13.4. The number of nitrogens with zero attached hydrogens (tertiary/aromatic N) is 2. The van der Waals surface area contributed by atoms with Gasteiger partial charge in [-0.25, -0.2) is 12.8 Å². The molecule has 0 radical (unpaired) electrons. The Morgan fingerprint density at radius 3 is 2.28 bits per heavy atom. The number of anilines is 1. The molecule has 3 atom stereocenters. The molecule has 39 heavy (non-hydrogen) atoms. The zero-order valence-corrected chi connectivity index (χ0v) is 23.0. The molecule has 1 saturated carbocycles. The minimum absolute atomic E-state index is 0.0502. The molecule has 0 bridgehead atoms. The van der Waals surface area contributed by atoms with Crippen LogP contribution >= 0.6 is 0 Å². The van der Waals surface area contributed by atoms with Crippen LogP contribution in [-0.2, 0) is 14.6 Å². The van der Waals surface area contributed by atoms with Crippen LogP contribution in [0.5, 0.6) is 0 Å². The summed E-state index contributed by atoms with van der Waals surface area (Å²) < 4.78 is 36.9. The van der Waals surface area contributed by atoms with Crippen molar-refractivity contribution >= 4 is 27.3 Å². The summed E-state index contributed by atoms with van der Waals surface area (Å²) in [4.78, 5) is 30.3. The third kappa shape index (κ3) is 7.16. The van der Waals surface area contributed by atoms with Crippen LogP contribution in [0.15, 0.2) is 48.5 Å². The van der Waals surface area contributed by atoms with Crippen molar-refractivity contribution in [3.63, 3.8) is 0 Å². The molecule has 2 heterocycles. The van der Waals surface area contributed by atoms with Crippen molar-refractivity contribution in [1.82, 2.24) is 15.5 Å². The molecule has 1 aliphatic carbocycles. The predicted octanol–water partition coefficient (Wildman–Crippen LogP) is 2.71. The summed E-state index contributed by atoms with van der Waals surface area (Å²) in [6, 6.07) is 13.7. The van der Waals surface area contributed by atoms with E-state index in [9.17, 15) is 22.4 Å². The summed E-state index contributed by atoms with van der Waals surface area (Å²) >= 11 is 0. The van der Waals surface area contributed by atoms with Crippen LogP contribution in [-0.4, -0.2) is 81.4 Å². The smallest absolute Gasteiger partial charge is 0.251 e. The molecule has 0 unspecified atom stereocenters. The van der Waals surface area contributed by atoms with Crippen LogP contribution in [0.4, 0.5) is 10.1 Å². The third-order valence-corrected chi connectivity index (χ3v) is 9.63. The minimum atomic E-state index is -3.12. The Bertz CT molecular complexity index is 1250. The van der Waals surface area contributed by atoms with Gasteiger partial charge in [0.1, 0.15) is 11.9 Å². The van der Waals surface area contributed by atoms with Crippen LogP contribution in [0.2, 0.25) is 0 Å². The number of carbonyl (C=O) groups is 2. The van der Waals surface area contributed by atoms with Gasteiger partial charge in [0.05, 0.1) is 11.5 Å². The molecule has 2 N–H and O–H groups in total. The van der Waals surface area contributed by atoms with E-state index in [-0.39, 0.29) is 42.2 Å². The van der Waals surface area contributed by atoms with E-state index in [2.05, 4.69) is 15.5 Å². The van der Waals surface area contributed by atoms with E-state index in [0.717, 1.165) is 30.8 Å². The molecule has 10 heteroatoms. The Kier molecular flexibility index (Phi) is 8.52. The third-order valence-electron chi connectivity index (χ3n) is 8.02. The van der Waals surface area contributed by atoms with Gasteiger partial charge in [-0.05, 0) is 80.6 Å². The quantitative estimate of drug-likeness (QED) is 0.437. The number of hydrogen-bond acceptors (Lipinski definition) is 6. The first kappa shape index (κ1) is 27.6. The lowest BCUT2D eigenvalue weighted by Gasteiger charge is -2.30. The molecule has 2 aromatic rings. The second-order valence-electron chi connectivity index (χ2n) is 10.8. The summed E-state index contributed by atoms with van der Waals surface area (Å²) in [6.45, 7) is 3.02. The van der Waals surface area contributed by atoms with Crippen molar-refractivity contribution < 1.29 is 22.4 Å². The highest BCUT2D eigenvalue weighted by molar-refractivity contribution is 7.91. The van der Waals surface area contributed by atoms with Gasteiger partial charge in [0, 0.05) is 49.4 Å². The first-order chi connectivity index (χ1) is 18.8. The van der Waals surface area contributed by atoms with Gasteiger partial charge >= 0.3 is 0 Å². The van der Waals surface area contributed by atoms with Crippen LogP contribution in [0.25, 0.3) is 0 Å². The largest absolute Gasteiger partial charge is 0.372 e. The average Bonchev–Trinajstić information content (AvgIpc) is 3.49. The standard InChI is InChI=1S/C29H37FN4O4S/c30-23-9-5-21(6-10-23)25-20-27(25)31-13-3-4-26(29(36)34-16-18-39(37,38)19-17-34)32-28(35)22-7-11-24(12-8-22)33-14-1-2-15-33/h5-12,25-27,31H,1-4,13-20H2,(H,32,35)/t25-,26-,27+/m0/s1. The van der Waals surface area contributed by atoms with Crippen LogP contribution in [0, 0.1) is 5.82 Å². The minimum Gasteiger partial charge on any atom is -0.372 e. The topological polar surface area (TPSA) is 98.8 Å². The van der Waals surface area contributed by atoms with Crippen LogP contribution < -0.4 is 15.5 Å². The van der Waals surface area contributed by atoms with Gasteiger partial charge in [0.25, 0.3) is 5.91 Å². The van der Waals surface area contributed by atoms with Gasteiger partial charge in [0.15, 0.2) is 9.84 Å². The highest BCUT2D eigenvalue weighted by atomic mass is 32.2. The lowest BCUT2D eigenvalue weighted by molar-refractivity contribution is -0.133. The molecule has 3 aliphatic rings. The van der Waals surface area contributed by atoms with E-state index in [1.165, 1.54) is 25.0 Å². The van der Waals surface area contributed by atoms with Crippen molar-refractivity contribution in [2.45, 2.75) is 50.1 Å². The first-order valence-electron chi connectivity index (χ1n) is 13.9. The second kappa shape index (κ2) is 12.0. The summed E-state index contributed by atoms with van der Waals surface area (Å²) in [5.74, 6) is -0.520. The molecule has 2 aliphatic heterocycles. The monoisotopic (exact) mass is 556 g/mol. The predicted molar refractivity (Wildman–Crippen MR) is 149 cm³/mol. The molecule has 0 aromatic heterocycles. The number of sulfone groups is 1. The molecular weight excluding hydrogens is 519 g/mol. The Hall–Kier alpha value is -2.98. The molecule has 5 rings (SSSR count). The maximum absolute atomic E-state index is 13.4. The zero-order chi connectivity index (χ0) is 27.4. The molecule has 2 amide bonds. The summed E-state index contributed by atoms with van der Waals surface area (Å²) in [5.41, 5.74) is 2.71. The van der Waals surface area contributed by atoms with Gasteiger partial charge in [-0.15, -0.1) is 0 Å². The summed E-state index contributed by atoms with van der Waals surface area (Å²) in [6.07, 6.45) is 4.45. The number of rotatable bonds is 10. The zero-order valence-electron chi connectivity index (χ0n) is 22.1. The highest BCUT2D eigenvalue weighted by Crippen LogP contribution is 2.40. The number of amides is 2. The molecule has 2 saturated heterocycles. The highest BCUT2D eigenvalue weighted by Gasteiger charge is 2.38. The number of nitrogens with one attached hydrogen (secondary N) is 2. The lowest BCUT2D eigenvalue weighted by Crippen LogP contribution is -2.53. The van der Waals surface area contributed by atoms with Crippen molar-refractivity contribution in [3.8, 4) is 0 Å². The molecule has 0 spiro atoms. The van der Waals surface area contributed by atoms with Gasteiger partial charge in [-0.2, -0.15) is 0 Å². The van der Waals surface area contributed by atoms with Crippen molar-refractivity contribution in [3.05, 3.63) is 65.5 Å². The Labute approximate surface area is 229 Å². The fourth-order valence-electron chi connectivity index (χ4n) is 5.54. The number of benzene rings is 2. The van der Waals surface area contributed by atoms with Gasteiger partial charge in [-0.3, -0.25) is 9.59 Å². The molecule has 8 nitrogen and oxygen atoms in total. The van der Waals surface area contributed by atoms with Crippen molar-refractivity contribution in [1.29, 1.82) is 0 Å². The Morgan fingerprint density at radius 1 is 0.949 bits per heavy atom. The van der Waals surface area contributed by atoms with E-state index in [0.29, 0.717) is 36.9 Å². The van der Waals surface area contributed by atoms with Crippen LogP contribution in [0.1, 0.15) is 53.9 Å².